The summed E-state index contributed by atoms with van der Waals surface area (Å²) in [6.45, 7) is 4.96. The number of hydrogen-bond donors (Lipinski definition) is 0. The van der Waals surface area contributed by atoms with Gasteiger partial charge in [-0.05, 0) is 63.7 Å². The van der Waals surface area contributed by atoms with Crippen molar-refractivity contribution in [3.8, 4) is 0 Å². The first-order chi connectivity index (χ1) is 16.0. The van der Waals surface area contributed by atoms with E-state index in [4.69, 9.17) is 18.9 Å². The molecule has 0 aliphatic heterocycles. The Labute approximate surface area is 201 Å². The Balaban J connectivity index is 1.51. The first-order valence-electron chi connectivity index (χ1n) is 13.7. The second-order valence-electron chi connectivity index (χ2n) is 10.3. The van der Waals surface area contributed by atoms with Crippen LogP contribution in [0.5, 0.6) is 0 Å². The van der Waals surface area contributed by atoms with E-state index in [-0.39, 0.29) is 6.10 Å². The van der Waals surface area contributed by atoms with Crippen molar-refractivity contribution in [1.29, 1.82) is 0 Å². The summed E-state index contributed by atoms with van der Waals surface area (Å²) in [4.78, 5) is 24.3. The SMILES string of the molecule is CC(C)CCCCCCCCCCOC(=O)OC1CCCCC1OC(=O)OC1CCCCC1. The molecule has 2 saturated carbocycles. The van der Waals surface area contributed by atoms with E-state index in [0.29, 0.717) is 19.4 Å². The van der Waals surface area contributed by atoms with Gasteiger partial charge in [0.25, 0.3) is 0 Å². The highest BCUT2D eigenvalue weighted by molar-refractivity contribution is 5.61. The van der Waals surface area contributed by atoms with Crippen molar-refractivity contribution < 1.29 is 28.5 Å². The molecule has 0 aromatic carbocycles. The molecule has 0 N–H and O–H groups in total. The third-order valence-corrected chi connectivity index (χ3v) is 6.85. The molecule has 2 fully saturated rings. The van der Waals surface area contributed by atoms with Gasteiger partial charge in [0.1, 0.15) is 18.3 Å². The summed E-state index contributed by atoms with van der Waals surface area (Å²) < 4.78 is 21.8. The minimum atomic E-state index is -0.652. The van der Waals surface area contributed by atoms with Crippen molar-refractivity contribution in [2.75, 3.05) is 6.61 Å². The summed E-state index contributed by atoms with van der Waals surface area (Å²) in [6, 6.07) is 0. The number of unbranched alkanes of at least 4 members (excludes halogenated alkanes) is 7. The third kappa shape index (κ3) is 13.1. The predicted molar refractivity (Wildman–Crippen MR) is 129 cm³/mol. The molecule has 6 nitrogen and oxygen atoms in total. The molecule has 192 valence electrons. The Hall–Kier alpha value is -1.46. The standard InChI is InChI=1S/C27H48O6/c1-22(2)16-10-7-5-3-4-6-8-15-21-30-26(28)32-24-19-13-14-20-25(24)33-27(29)31-23-17-11-9-12-18-23/h22-25H,3-21H2,1-2H3. The van der Waals surface area contributed by atoms with Crippen molar-refractivity contribution in [2.45, 2.75) is 148 Å². The Kier molecular flexibility index (Phi) is 14.4. The summed E-state index contributed by atoms with van der Waals surface area (Å²) in [6.07, 6.45) is 17.3. The molecule has 2 atom stereocenters. The molecule has 33 heavy (non-hydrogen) atoms. The highest BCUT2D eigenvalue weighted by Crippen LogP contribution is 2.26. The third-order valence-electron chi connectivity index (χ3n) is 6.85. The van der Waals surface area contributed by atoms with Crippen LogP contribution in [-0.2, 0) is 18.9 Å². The molecule has 2 rings (SSSR count). The number of hydrogen-bond acceptors (Lipinski definition) is 6. The van der Waals surface area contributed by atoms with Crippen molar-refractivity contribution in [1.82, 2.24) is 0 Å². The molecule has 0 spiro atoms. The fourth-order valence-corrected chi connectivity index (χ4v) is 4.83. The van der Waals surface area contributed by atoms with Crippen LogP contribution in [0.1, 0.15) is 129 Å². The Morgan fingerprint density at radius 3 is 1.76 bits per heavy atom. The maximum absolute atomic E-state index is 12.2. The number of rotatable bonds is 14. The number of ether oxygens (including phenoxy) is 4. The lowest BCUT2D eigenvalue weighted by molar-refractivity contribution is -0.0796. The van der Waals surface area contributed by atoms with Gasteiger partial charge < -0.3 is 18.9 Å². The van der Waals surface area contributed by atoms with Gasteiger partial charge in [-0.25, -0.2) is 9.59 Å². The number of carbonyl (C=O) groups is 2. The van der Waals surface area contributed by atoms with E-state index < -0.39 is 24.5 Å². The van der Waals surface area contributed by atoms with Crippen molar-refractivity contribution in [3.63, 3.8) is 0 Å². The zero-order chi connectivity index (χ0) is 23.7. The summed E-state index contributed by atoms with van der Waals surface area (Å²) in [7, 11) is 0. The van der Waals surface area contributed by atoms with Gasteiger partial charge in [-0.1, -0.05) is 71.6 Å². The fraction of sp³-hybridized carbons (Fsp3) is 0.926. The van der Waals surface area contributed by atoms with Crippen molar-refractivity contribution in [3.05, 3.63) is 0 Å². The lowest BCUT2D eigenvalue weighted by Gasteiger charge is -2.30. The highest BCUT2D eigenvalue weighted by Gasteiger charge is 2.33. The van der Waals surface area contributed by atoms with Gasteiger partial charge in [0.2, 0.25) is 0 Å². The Morgan fingerprint density at radius 2 is 1.15 bits per heavy atom. The smallest absolute Gasteiger partial charge is 0.434 e. The van der Waals surface area contributed by atoms with Crippen molar-refractivity contribution >= 4 is 12.3 Å². The van der Waals surface area contributed by atoms with Gasteiger partial charge in [-0.2, -0.15) is 0 Å². The van der Waals surface area contributed by atoms with Gasteiger partial charge in [0.05, 0.1) is 6.61 Å². The second-order valence-corrected chi connectivity index (χ2v) is 10.3. The molecule has 0 aromatic heterocycles. The van der Waals surface area contributed by atoms with E-state index in [1.807, 2.05) is 0 Å². The topological polar surface area (TPSA) is 71.1 Å². The Morgan fingerprint density at radius 1 is 0.636 bits per heavy atom. The van der Waals surface area contributed by atoms with Crippen LogP contribution in [0.4, 0.5) is 9.59 Å². The first kappa shape index (κ1) is 27.8. The lowest BCUT2D eigenvalue weighted by Crippen LogP contribution is -2.38. The molecule has 0 amide bonds. The number of carbonyl (C=O) groups excluding carboxylic acids is 2. The van der Waals surface area contributed by atoms with Gasteiger partial charge in [-0.3, -0.25) is 0 Å². The van der Waals surface area contributed by atoms with Crippen LogP contribution < -0.4 is 0 Å². The van der Waals surface area contributed by atoms with Crippen LogP contribution in [-0.4, -0.2) is 37.2 Å². The van der Waals surface area contributed by atoms with Gasteiger partial charge in [0, 0.05) is 0 Å². The summed E-state index contributed by atoms with van der Waals surface area (Å²) in [5.41, 5.74) is 0. The zero-order valence-electron chi connectivity index (χ0n) is 21.2. The average molecular weight is 469 g/mol. The van der Waals surface area contributed by atoms with Gasteiger partial charge >= 0.3 is 12.3 Å². The van der Waals surface area contributed by atoms with Crippen LogP contribution in [0.3, 0.4) is 0 Å². The van der Waals surface area contributed by atoms with Crippen LogP contribution in [0.25, 0.3) is 0 Å². The fourth-order valence-electron chi connectivity index (χ4n) is 4.83. The molecule has 2 unspecified atom stereocenters. The molecule has 2 aliphatic carbocycles. The molecular weight excluding hydrogens is 420 g/mol. The molecule has 0 heterocycles. The normalized spacial score (nSPS) is 21.5. The van der Waals surface area contributed by atoms with Crippen LogP contribution >= 0.6 is 0 Å². The summed E-state index contributed by atoms with van der Waals surface area (Å²) in [5.74, 6) is 0.816. The van der Waals surface area contributed by atoms with Crippen LogP contribution in [0.2, 0.25) is 0 Å². The van der Waals surface area contributed by atoms with E-state index in [2.05, 4.69) is 13.8 Å². The Bertz CT molecular complexity index is 529. The minimum absolute atomic E-state index is 0.0379. The van der Waals surface area contributed by atoms with E-state index in [1.165, 1.54) is 51.4 Å². The average Bonchev–Trinajstić information content (AvgIpc) is 2.79. The van der Waals surface area contributed by atoms with Crippen molar-refractivity contribution in [2.24, 2.45) is 5.92 Å². The second kappa shape index (κ2) is 17.0. The monoisotopic (exact) mass is 468 g/mol. The maximum Gasteiger partial charge on any atom is 0.508 e. The lowest BCUT2D eigenvalue weighted by atomic mass is 9.94. The van der Waals surface area contributed by atoms with Gasteiger partial charge in [0.15, 0.2) is 0 Å². The summed E-state index contributed by atoms with van der Waals surface area (Å²) >= 11 is 0. The maximum atomic E-state index is 12.2. The molecule has 2 aliphatic rings. The molecule has 0 radical (unpaired) electrons. The quantitative estimate of drug-likeness (QED) is 0.189. The van der Waals surface area contributed by atoms with E-state index >= 15 is 0 Å². The first-order valence-corrected chi connectivity index (χ1v) is 13.7. The highest BCUT2D eigenvalue weighted by atomic mass is 16.8. The largest absolute Gasteiger partial charge is 0.508 e. The molecule has 0 saturated heterocycles. The van der Waals surface area contributed by atoms with Crippen LogP contribution in [0, 0.1) is 5.92 Å². The van der Waals surface area contributed by atoms with E-state index in [0.717, 1.165) is 57.3 Å². The van der Waals surface area contributed by atoms with Crippen LogP contribution in [0.15, 0.2) is 0 Å². The minimum Gasteiger partial charge on any atom is -0.434 e. The molecule has 6 heteroatoms. The zero-order valence-corrected chi connectivity index (χ0v) is 21.2. The molecule has 0 aromatic rings. The molecule has 0 bridgehead atoms. The summed E-state index contributed by atoms with van der Waals surface area (Å²) in [5, 5.41) is 0. The van der Waals surface area contributed by atoms with E-state index in [9.17, 15) is 9.59 Å². The van der Waals surface area contributed by atoms with Gasteiger partial charge in [-0.15, -0.1) is 0 Å². The van der Waals surface area contributed by atoms with E-state index in [1.54, 1.807) is 0 Å². The molecular formula is C27H48O6. The predicted octanol–water partition coefficient (Wildman–Crippen LogP) is 8.10.